The molecule has 0 aliphatic carbocycles. The first kappa shape index (κ1) is 14.6. The summed E-state index contributed by atoms with van der Waals surface area (Å²) in [6, 6.07) is 10.7. The number of hydrogen-bond acceptors (Lipinski definition) is 3. The van der Waals surface area contributed by atoms with Gasteiger partial charge >= 0.3 is 0 Å². The number of rotatable bonds is 5. The lowest BCUT2D eigenvalue weighted by Gasteiger charge is -2.11. The highest BCUT2D eigenvalue weighted by Crippen LogP contribution is 2.31. The van der Waals surface area contributed by atoms with E-state index in [0.717, 1.165) is 0 Å². The second-order valence-electron chi connectivity index (χ2n) is 4.01. The van der Waals surface area contributed by atoms with Gasteiger partial charge in [0.05, 0.1) is 0 Å². The maximum absolute atomic E-state index is 13.2. The third-order valence-corrected chi connectivity index (χ3v) is 3.39. The van der Waals surface area contributed by atoms with Crippen LogP contribution in [0.2, 0.25) is 0 Å². The average Bonchev–Trinajstić information content (AvgIpc) is 2.41. The molecular weight excluding hydrogens is 287 g/mol. The molecule has 20 heavy (non-hydrogen) atoms. The summed E-state index contributed by atoms with van der Waals surface area (Å²) in [7, 11) is 0. The second kappa shape index (κ2) is 6.56. The zero-order chi connectivity index (χ0) is 14.5. The van der Waals surface area contributed by atoms with E-state index in [1.165, 1.54) is 12.1 Å². The lowest BCUT2D eigenvalue weighted by molar-refractivity contribution is 0.252. The minimum Gasteiger partial charge on any atom is -0.505 e. The van der Waals surface area contributed by atoms with E-state index in [2.05, 4.69) is 5.32 Å². The SMILES string of the molecule is Oc1ccc(CNc2ccccc2SC(F)F)cc1F. The number of anilines is 1. The largest absolute Gasteiger partial charge is 0.505 e. The maximum Gasteiger partial charge on any atom is 0.288 e. The Morgan fingerprint density at radius 1 is 1.15 bits per heavy atom. The molecule has 0 fully saturated rings. The topological polar surface area (TPSA) is 32.3 Å². The molecule has 0 bridgehead atoms. The predicted molar refractivity (Wildman–Crippen MR) is 73.7 cm³/mol. The number of thioether (sulfide) groups is 1. The number of alkyl halides is 2. The van der Waals surface area contributed by atoms with Crippen LogP contribution in [0.15, 0.2) is 47.4 Å². The zero-order valence-corrected chi connectivity index (χ0v) is 11.1. The summed E-state index contributed by atoms with van der Waals surface area (Å²) in [5.74, 6) is -3.62. The molecule has 0 saturated carbocycles. The average molecular weight is 299 g/mol. The maximum atomic E-state index is 13.2. The Kier molecular flexibility index (Phi) is 4.79. The molecule has 6 heteroatoms. The molecule has 0 aromatic heterocycles. The molecule has 2 N–H and O–H groups in total. The highest BCUT2D eigenvalue weighted by molar-refractivity contribution is 7.99. The minimum absolute atomic E-state index is 0.276. The van der Waals surface area contributed by atoms with Crippen LogP contribution in [-0.4, -0.2) is 10.9 Å². The first-order chi connectivity index (χ1) is 9.56. The first-order valence-corrected chi connectivity index (χ1v) is 6.69. The number of phenolic OH excluding ortho intramolecular Hbond substituents is 1. The molecule has 0 heterocycles. The van der Waals surface area contributed by atoms with Crippen molar-refractivity contribution >= 4 is 17.4 Å². The third kappa shape index (κ3) is 3.84. The molecule has 0 amide bonds. The number of benzene rings is 2. The van der Waals surface area contributed by atoms with Gasteiger partial charge in [0.15, 0.2) is 11.6 Å². The molecule has 0 aliphatic rings. The molecule has 0 saturated heterocycles. The fourth-order valence-electron chi connectivity index (χ4n) is 1.67. The van der Waals surface area contributed by atoms with E-state index >= 15 is 0 Å². The number of nitrogens with one attached hydrogen (secondary N) is 1. The molecule has 0 spiro atoms. The van der Waals surface area contributed by atoms with Crippen LogP contribution in [0.25, 0.3) is 0 Å². The van der Waals surface area contributed by atoms with E-state index in [0.29, 0.717) is 27.9 Å². The Labute approximate surface area is 118 Å². The van der Waals surface area contributed by atoms with Crippen LogP contribution in [0, 0.1) is 5.82 Å². The smallest absolute Gasteiger partial charge is 0.288 e. The first-order valence-electron chi connectivity index (χ1n) is 5.81. The fraction of sp³-hybridized carbons (Fsp3) is 0.143. The van der Waals surface area contributed by atoms with E-state index in [1.807, 2.05) is 0 Å². The van der Waals surface area contributed by atoms with Crippen LogP contribution in [0.4, 0.5) is 18.9 Å². The van der Waals surface area contributed by atoms with Gasteiger partial charge in [0, 0.05) is 17.1 Å². The van der Waals surface area contributed by atoms with Crippen molar-refractivity contribution in [2.45, 2.75) is 17.2 Å². The minimum atomic E-state index is -2.50. The lowest BCUT2D eigenvalue weighted by atomic mass is 10.2. The predicted octanol–water partition coefficient (Wildman–Crippen LogP) is 4.46. The van der Waals surface area contributed by atoms with Crippen molar-refractivity contribution in [1.82, 2.24) is 0 Å². The van der Waals surface area contributed by atoms with Gasteiger partial charge in [-0.1, -0.05) is 30.0 Å². The van der Waals surface area contributed by atoms with E-state index in [1.54, 1.807) is 30.3 Å². The zero-order valence-electron chi connectivity index (χ0n) is 10.3. The Hall–Kier alpha value is -1.82. The molecule has 0 aliphatic heterocycles. The van der Waals surface area contributed by atoms with Crippen molar-refractivity contribution in [2.75, 3.05) is 5.32 Å². The van der Waals surface area contributed by atoms with Crippen molar-refractivity contribution in [3.63, 3.8) is 0 Å². The number of para-hydroxylation sites is 1. The Morgan fingerprint density at radius 3 is 2.60 bits per heavy atom. The Balaban J connectivity index is 2.08. The lowest BCUT2D eigenvalue weighted by Crippen LogP contribution is -2.01. The molecule has 0 radical (unpaired) electrons. The molecule has 2 aromatic rings. The van der Waals surface area contributed by atoms with Gasteiger partial charge in [-0.3, -0.25) is 0 Å². The van der Waals surface area contributed by atoms with Gasteiger partial charge < -0.3 is 10.4 Å². The van der Waals surface area contributed by atoms with Crippen LogP contribution < -0.4 is 5.32 Å². The van der Waals surface area contributed by atoms with Gasteiger partial charge in [0.2, 0.25) is 0 Å². The van der Waals surface area contributed by atoms with Gasteiger partial charge in [-0.05, 0) is 29.8 Å². The highest BCUT2D eigenvalue weighted by atomic mass is 32.2. The number of aromatic hydroxyl groups is 1. The van der Waals surface area contributed by atoms with Gasteiger partial charge in [0.25, 0.3) is 5.76 Å². The van der Waals surface area contributed by atoms with E-state index in [9.17, 15) is 13.2 Å². The standard InChI is InChI=1S/C14H12F3NOS/c15-10-7-9(5-6-12(10)19)8-18-11-3-1-2-4-13(11)20-14(16)17/h1-7,14,18-19H,8H2. The second-order valence-corrected chi connectivity index (χ2v) is 5.05. The Morgan fingerprint density at radius 2 is 1.90 bits per heavy atom. The van der Waals surface area contributed by atoms with Gasteiger partial charge in [-0.25, -0.2) is 4.39 Å². The van der Waals surface area contributed by atoms with Gasteiger partial charge in [-0.2, -0.15) is 8.78 Å². The summed E-state index contributed by atoms with van der Waals surface area (Å²) in [6.07, 6.45) is 0. The summed E-state index contributed by atoms with van der Waals surface area (Å²) in [6.45, 7) is 0.276. The third-order valence-electron chi connectivity index (χ3n) is 2.60. The van der Waals surface area contributed by atoms with E-state index in [4.69, 9.17) is 5.11 Å². The normalized spacial score (nSPS) is 10.8. The fourth-order valence-corrected chi connectivity index (χ4v) is 2.29. The number of hydrogen-bond donors (Lipinski definition) is 2. The van der Waals surface area contributed by atoms with Crippen LogP contribution in [0.1, 0.15) is 5.56 Å². The molecule has 0 unspecified atom stereocenters. The van der Waals surface area contributed by atoms with Crippen LogP contribution in [-0.2, 0) is 6.54 Å². The monoisotopic (exact) mass is 299 g/mol. The summed E-state index contributed by atoms with van der Waals surface area (Å²) < 4.78 is 38.0. The molecule has 2 nitrogen and oxygen atoms in total. The summed E-state index contributed by atoms with van der Waals surface area (Å²) in [4.78, 5) is 0.432. The van der Waals surface area contributed by atoms with Crippen LogP contribution in [0.5, 0.6) is 5.75 Å². The van der Waals surface area contributed by atoms with Crippen molar-refractivity contribution < 1.29 is 18.3 Å². The van der Waals surface area contributed by atoms with E-state index < -0.39 is 17.3 Å². The Bertz CT molecular complexity index is 592. The van der Waals surface area contributed by atoms with E-state index in [-0.39, 0.29) is 6.54 Å². The van der Waals surface area contributed by atoms with Crippen molar-refractivity contribution in [2.24, 2.45) is 0 Å². The molecule has 2 aromatic carbocycles. The molecule has 0 atom stereocenters. The summed E-state index contributed by atoms with van der Waals surface area (Å²) in [5.41, 5.74) is 1.17. The number of halogens is 3. The van der Waals surface area contributed by atoms with Crippen molar-refractivity contribution in [1.29, 1.82) is 0 Å². The molecule has 2 rings (SSSR count). The quantitative estimate of drug-likeness (QED) is 0.800. The van der Waals surface area contributed by atoms with Crippen LogP contribution in [0.3, 0.4) is 0 Å². The molecular formula is C14H12F3NOS. The van der Waals surface area contributed by atoms with Crippen molar-refractivity contribution in [3.8, 4) is 5.75 Å². The van der Waals surface area contributed by atoms with Gasteiger partial charge in [0.1, 0.15) is 0 Å². The van der Waals surface area contributed by atoms with Gasteiger partial charge in [-0.15, -0.1) is 0 Å². The van der Waals surface area contributed by atoms with Crippen molar-refractivity contribution in [3.05, 3.63) is 53.8 Å². The van der Waals surface area contributed by atoms with Crippen LogP contribution >= 0.6 is 11.8 Å². The highest BCUT2D eigenvalue weighted by Gasteiger charge is 2.09. The summed E-state index contributed by atoms with van der Waals surface area (Å²) >= 11 is 0.456. The summed E-state index contributed by atoms with van der Waals surface area (Å²) in [5, 5.41) is 12.1. The number of phenols is 1. The molecule has 106 valence electrons.